The van der Waals surface area contributed by atoms with Crippen LogP contribution in [0.25, 0.3) is 0 Å². The van der Waals surface area contributed by atoms with Crippen LogP contribution >= 0.6 is 12.4 Å². The maximum absolute atomic E-state index is 5.63. The van der Waals surface area contributed by atoms with Gasteiger partial charge in [-0.3, -0.25) is 4.90 Å². The first-order valence-electron chi connectivity index (χ1n) is 5.96. The monoisotopic (exact) mass is 256 g/mol. The van der Waals surface area contributed by atoms with Gasteiger partial charge in [-0.2, -0.15) is 0 Å². The molecule has 1 saturated heterocycles. The highest BCUT2D eigenvalue weighted by Crippen LogP contribution is 2.14. The normalized spacial score (nSPS) is 20.9. The topological polar surface area (TPSA) is 38.5 Å². The Hall–Kier alpha value is -0.610. The molecule has 2 N–H and O–H groups in total. The molecule has 0 bridgehead atoms. The van der Waals surface area contributed by atoms with Gasteiger partial charge in [-0.25, -0.2) is 0 Å². The number of hydrogen-bond acceptors (Lipinski definition) is 3. The van der Waals surface area contributed by atoms with Crippen LogP contribution in [0.5, 0.6) is 0 Å². The lowest BCUT2D eigenvalue weighted by Crippen LogP contribution is -2.45. The molecule has 0 radical (unpaired) electrons. The van der Waals surface area contributed by atoms with E-state index in [1.54, 1.807) is 0 Å². The smallest absolute Gasteiger partial charge is 0.0623 e. The van der Waals surface area contributed by atoms with Crippen LogP contribution in [0.1, 0.15) is 12.0 Å². The Labute approximate surface area is 109 Å². The van der Waals surface area contributed by atoms with Crippen LogP contribution in [0.4, 0.5) is 0 Å². The summed E-state index contributed by atoms with van der Waals surface area (Å²) < 4.78 is 5.51. The summed E-state index contributed by atoms with van der Waals surface area (Å²) in [6.07, 6.45) is 1.02. The molecule has 1 heterocycles. The number of rotatable bonds is 4. The number of nitrogens with zero attached hydrogens (tertiary/aromatic N) is 1. The number of morpholine rings is 1. The van der Waals surface area contributed by atoms with E-state index in [1.165, 1.54) is 5.56 Å². The Morgan fingerprint density at radius 2 is 2.06 bits per heavy atom. The molecule has 0 aliphatic carbocycles. The van der Waals surface area contributed by atoms with Gasteiger partial charge in [-0.05, 0) is 18.5 Å². The fourth-order valence-electron chi connectivity index (χ4n) is 2.17. The van der Waals surface area contributed by atoms with Crippen LogP contribution < -0.4 is 5.73 Å². The van der Waals surface area contributed by atoms with Crippen molar-refractivity contribution < 1.29 is 4.74 Å². The molecule has 3 nitrogen and oxygen atoms in total. The van der Waals surface area contributed by atoms with E-state index < -0.39 is 0 Å². The third-order valence-electron chi connectivity index (χ3n) is 3.08. The Morgan fingerprint density at radius 3 is 2.76 bits per heavy atom. The summed E-state index contributed by atoms with van der Waals surface area (Å²) in [5, 5.41) is 0. The fraction of sp³-hybridized carbons (Fsp3) is 0.538. The average molecular weight is 257 g/mol. The summed E-state index contributed by atoms with van der Waals surface area (Å²) in [4.78, 5) is 2.48. The third kappa shape index (κ3) is 4.28. The van der Waals surface area contributed by atoms with Gasteiger partial charge in [0.1, 0.15) is 0 Å². The van der Waals surface area contributed by atoms with Crippen molar-refractivity contribution >= 4 is 12.4 Å². The van der Waals surface area contributed by atoms with Gasteiger partial charge in [0.2, 0.25) is 0 Å². The van der Waals surface area contributed by atoms with Crippen LogP contribution in [0, 0.1) is 0 Å². The number of benzene rings is 1. The molecule has 0 unspecified atom stereocenters. The maximum atomic E-state index is 5.63. The standard InChI is InChI=1S/C13H20N2O.ClH/c14-7-6-13-11-16-9-8-15(13)10-12-4-2-1-3-5-12;/h1-5,13H,6-11,14H2;1H/t13-;/m1./s1. The molecule has 2 rings (SSSR count). The number of hydrogen-bond donors (Lipinski definition) is 1. The number of halogens is 1. The van der Waals surface area contributed by atoms with E-state index in [2.05, 4.69) is 35.2 Å². The average Bonchev–Trinajstić information content (AvgIpc) is 2.33. The first kappa shape index (κ1) is 14.5. The molecule has 1 fully saturated rings. The Kier molecular flexibility index (Phi) is 6.52. The second-order valence-corrected chi connectivity index (χ2v) is 4.26. The van der Waals surface area contributed by atoms with Crippen LogP contribution in [0.3, 0.4) is 0 Å². The van der Waals surface area contributed by atoms with Crippen molar-refractivity contribution in [3.05, 3.63) is 35.9 Å². The summed E-state index contributed by atoms with van der Waals surface area (Å²) >= 11 is 0. The van der Waals surface area contributed by atoms with Crippen LogP contribution in [0.15, 0.2) is 30.3 Å². The molecule has 1 aromatic carbocycles. The molecule has 1 aliphatic heterocycles. The zero-order valence-electron chi connectivity index (χ0n) is 10.0. The first-order chi connectivity index (χ1) is 7.90. The lowest BCUT2D eigenvalue weighted by Gasteiger charge is -2.35. The van der Waals surface area contributed by atoms with E-state index in [1.807, 2.05) is 0 Å². The van der Waals surface area contributed by atoms with Crippen molar-refractivity contribution in [2.24, 2.45) is 5.73 Å². The van der Waals surface area contributed by atoms with Gasteiger partial charge in [0.15, 0.2) is 0 Å². The highest BCUT2D eigenvalue weighted by molar-refractivity contribution is 5.85. The molecule has 0 saturated carbocycles. The Morgan fingerprint density at radius 1 is 1.29 bits per heavy atom. The van der Waals surface area contributed by atoms with E-state index >= 15 is 0 Å². The largest absolute Gasteiger partial charge is 0.378 e. The number of nitrogens with two attached hydrogens (primary N) is 1. The quantitative estimate of drug-likeness (QED) is 0.891. The molecule has 0 spiro atoms. The summed E-state index contributed by atoms with van der Waals surface area (Å²) in [6, 6.07) is 11.1. The summed E-state index contributed by atoms with van der Waals surface area (Å²) in [6.45, 7) is 4.42. The second kappa shape index (κ2) is 7.67. The van der Waals surface area contributed by atoms with Gasteiger partial charge in [-0.1, -0.05) is 30.3 Å². The first-order valence-corrected chi connectivity index (χ1v) is 5.96. The molecule has 17 heavy (non-hydrogen) atoms. The minimum atomic E-state index is 0. The SMILES string of the molecule is Cl.NCC[C@@H]1COCCN1Cc1ccccc1. The molecular formula is C13H21ClN2O. The predicted molar refractivity (Wildman–Crippen MR) is 72.4 cm³/mol. The highest BCUT2D eigenvalue weighted by atomic mass is 35.5. The molecule has 0 amide bonds. The summed E-state index contributed by atoms with van der Waals surface area (Å²) in [5.74, 6) is 0. The molecule has 0 aromatic heterocycles. The lowest BCUT2D eigenvalue weighted by atomic mass is 10.1. The van der Waals surface area contributed by atoms with Crippen LogP contribution in [-0.2, 0) is 11.3 Å². The summed E-state index contributed by atoms with van der Waals surface area (Å²) in [7, 11) is 0. The van der Waals surface area contributed by atoms with E-state index in [0.29, 0.717) is 6.04 Å². The minimum absolute atomic E-state index is 0. The fourth-order valence-corrected chi connectivity index (χ4v) is 2.17. The van der Waals surface area contributed by atoms with Crippen LogP contribution in [0.2, 0.25) is 0 Å². The third-order valence-corrected chi connectivity index (χ3v) is 3.08. The number of ether oxygens (including phenoxy) is 1. The summed E-state index contributed by atoms with van der Waals surface area (Å²) in [5.41, 5.74) is 7.00. The molecule has 1 atom stereocenters. The highest BCUT2D eigenvalue weighted by Gasteiger charge is 2.21. The molecule has 1 aliphatic rings. The van der Waals surface area contributed by atoms with Crippen molar-refractivity contribution in [2.75, 3.05) is 26.3 Å². The van der Waals surface area contributed by atoms with Crippen molar-refractivity contribution in [1.29, 1.82) is 0 Å². The van der Waals surface area contributed by atoms with Crippen molar-refractivity contribution in [3.8, 4) is 0 Å². The van der Waals surface area contributed by atoms with Gasteiger partial charge >= 0.3 is 0 Å². The van der Waals surface area contributed by atoms with Gasteiger partial charge < -0.3 is 10.5 Å². The Bertz CT molecular complexity index is 306. The van der Waals surface area contributed by atoms with E-state index in [0.717, 1.165) is 39.3 Å². The lowest BCUT2D eigenvalue weighted by molar-refractivity contribution is -0.0135. The zero-order valence-corrected chi connectivity index (χ0v) is 10.9. The predicted octanol–water partition coefficient (Wildman–Crippen LogP) is 1.66. The second-order valence-electron chi connectivity index (χ2n) is 4.26. The van der Waals surface area contributed by atoms with Gasteiger partial charge in [-0.15, -0.1) is 12.4 Å². The molecule has 96 valence electrons. The Balaban J connectivity index is 0.00000144. The van der Waals surface area contributed by atoms with E-state index in [-0.39, 0.29) is 12.4 Å². The van der Waals surface area contributed by atoms with E-state index in [9.17, 15) is 0 Å². The van der Waals surface area contributed by atoms with Crippen molar-refractivity contribution in [1.82, 2.24) is 4.90 Å². The van der Waals surface area contributed by atoms with Gasteiger partial charge in [0.05, 0.1) is 13.2 Å². The van der Waals surface area contributed by atoms with Crippen LogP contribution in [-0.4, -0.2) is 37.2 Å². The zero-order chi connectivity index (χ0) is 11.2. The van der Waals surface area contributed by atoms with E-state index in [4.69, 9.17) is 10.5 Å². The molecule has 4 heteroatoms. The molecule has 1 aromatic rings. The van der Waals surface area contributed by atoms with Gasteiger partial charge in [0.25, 0.3) is 0 Å². The minimum Gasteiger partial charge on any atom is -0.378 e. The van der Waals surface area contributed by atoms with Crippen molar-refractivity contribution in [2.45, 2.75) is 19.0 Å². The maximum Gasteiger partial charge on any atom is 0.0623 e. The molecular weight excluding hydrogens is 236 g/mol. The van der Waals surface area contributed by atoms with Gasteiger partial charge in [0, 0.05) is 19.1 Å². The van der Waals surface area contributed by atoms with Crippen molar-refractivity contribution in [3.63, 3.8) is 0 Å².